The predicted octanol–water partition coefficient (Wildman–Crippen LogP) is 2.77. The van der Waals surface area contributed by atoms with Gasteiger partial charge in [0.25, 0.3) is 0 Å². The molecule has 1 amide bonds. The number of rotatable bonds is 7. The molecular weight excluding hydrogens is 454 g/mol. The quantitative estimate of drug-likeness (QED) is 0.646. The number of ether oxygens (including phenoxy) is 2. The Labute approximate surface area is 201 Å². The van der Waals surface area contributed by atoms with Crippen molar-refractivity contribution in [2.24, 2.45) is 0 Å². The fraction of sp³-hybridized carbons (Fsp3) is 0.480. The molecule has 184 valence electrons. The Kier molecular flexibility index (Phi) is 7.16. The molecule has 0 aromatic heterocycles. The zero-order chi connectivity index (χ0) is 24.3. The highest BCUT2D eigenvalue weighted by molar-refractivity contribution is 7.89. The average Bonchev–Trinajstić information content (AvgIpc) is 3.25. The Morgan fingerprint density at radius 1 is 0.941 bits per heavy atom. The standard InChI is InChI=1S/C25H33N3O5S/c1-25(2,3)26-34(30,31)21-8-4-19(5-9-21)7-11-24(29)28-14-12-27(13-15-28)17-20-6-10-22-23(16-20)33-18-32-22/h4-6,8-10,16,26H,7,11-15,17-18H2,1-3H3. The molecule has 2 aliphatic rings. The van der Waals surface area contributed by atoms with Crippen molar-refractivity contribution >= 4 is 15.9 Å². The van der Waals surface area contributed by atoms with Crippen LogP contribution in [0.5, 0.6) is 11.5 Å². The Bertz CT molecular complexity index is 1120. The van der Waals surface area contributed by atoms with Crippen LogP contribution < -0.4 is 14.2 Å². The van der Waals surface area contributed by atoms with Gasteiger partial charge in [0.15, 0.2) is 11.5 Å². The summed E-state index contributed by atoms with van der Waals surface area (Å²) in [7, 11) is -3.56. The third kappa shape index (κ3) is 6.28. The van der Waals surface area contributed by atoms with Gasteiger partial charge < -0.3 is 14.4 Å². The summed E-state index contributed by atoms with van der Waals surface area (Å²) >= 11 is 0. The van der Waals surface area contributed by atoms with Crippen LogP contribution in [0.25, 0.3) is 0 Å². The Morgan fingerprint density at radius 2 is 1.59 bits per heavy atom. The van der Waals surface area contributed by atoms with Gasteiger partial charge in [-0.25, -0.2) is 13.1 Å². The molecule has 0 aliphatic carbocycles. The summed E-state index contributed by atoms with van der Waals surface area (Å²) in [6.07, 6.45) is 0.998. The van der Waals surface area contributed by atoms with Crippen molar-refractivity contribution in [3.63, 3.8) is 0 Å². The Hall–Kier alpha value is -2.62. The van der Waals surface area contributed by atoms with Crippen LogP contribution in [0.15, 0.2) is 47.4 Å². The van der Waals surface area contributed by atoms with Crippen LogP contribution in [0.4, 0.5) is 0 Å². The molecule has 1 N–H and O–H groups in total. The summed E-state index contributed by atoms with van der Waals surface area (Å²) < 4.78 is 38.3. The number of amides is 1. The maximum Gasteiger partial charge on any atom is 0.241 e. The molecule has 0 unspecified atom stereocenters. The summed E-state index contributed by atoms with van der Waals surface area (Å²) in [5.41, 5.74) is 1.58. The van der Waals surface area contributed by atoms with Crippen molar-refractivity contribution in [2.75, 3.05) is 33.0 Å². The monoisotopic (exact) mass is 487 g/mol. The second-order valence-electron chi connectivity index (χ2n) is 9.84. The van der Waals surface area contributed by atoms with E-state index >= 15 is 0 Å². The molecule has 2 heterocycles. The van der Waals surface area contributed by atoms with Crippen molar-refractivity contribution in [1.29, 1.82) is 0 Å². The molecule has 4 rings (SSSR count). The number of carbonyl (C=O) groups is 1. The van der Waals surface area contributed by atoms with Gasteiger partial charge in [0.05, 0.1) is 4.90 Å². The molecular formula is C25H33N3O5S. The molecule has 0 bridgehead atoms. The lowest BCUT2D eigenvalue weighted by Crippen LogP contribution is -2.48. The molecule has 1 fully saturated rings. The fourth-order valence-electron chi connectivity index (χ4n) is 4.16. The summed E-state index contributed by atoms with van der Waals surface area (Å²) in [6.45, 7) is 9.58. The topological polar surface area (TPSA) is 88.2 Å². The van der Waals surface area contributed by atoms with Crippen LogP contribution in [0, 0.1) is 0 Å². The van der Waals surface area contributed by atoms with Crippen LogP contribution in [0.1, 0.15) is 38.3 Å². The Morgan fingerprint density at radius 3 is 2.26 bits per heavy atom. The van der Waals surface area contributed by atoms with Gasteiger partial charge in [0, 0.05) is 44.7 Å². The molecule has 0 spiro atoms. The minimum absolute atomic E-state index is 0.133. The van der Waals surface area contributed by atoms with Gasteiger partial charge in [-0.2, -0.15) is 0 Å². The number of carbonyl (C=O) groups excluding carboxylic acids is 1. The maximum atomic E-state index is 12.7. The van der Waals surface area contributed by atoms with E-state index in [2.05, 4.69) is 15.7 Å². The number of hydrogen-bond donors (Lipinski definition) is 1. The van der Waals surface area contributed by atoms with Gasteiger partial charge in [-0.3, -0.25) is 9.69 Å². The number of sulfonamides is 1. The Balaban J connectivity index is 1.23. The molecule has 8 nitrogen and oxygen atoms in total. The van der Waals surface area contributed by atoms with Crippen LogP contribution in [-0.2, 0) is 27.8 Å². The molecule has 9 heteroatoms. The predicted molar refractivity (Wildman–Crippen MR) is 129 cm³/mol. The van der Waals surface area contributed by atoms with E-state index in [4.69, 9.17) is 9.47 Å². The SMILES string of the molecule is CC(C)(C)NS(=O)(=O)c1ccc(CCC(=O)N2CCN(Cc3ccc4c(c3)OCO4)CC2)cc1. The number of benzene rings is 2. The minimum atomic E-state index is -3.56. The van der Waals surface area contributed by atoms with E-state index in [1.54, 1.807) is 24.3 Å². The lowest BCUT2D eigenvalue weighted by atomic mass is 10.1. The lowest BCUT2D eigenvalue weighted by molar-refractivity contribution is -0.133. The molecule has 0 radical (unpaired) electrons. The highest BCUT2D eigenvalue weighted by Gasteiger charge is 2.23. The maximum absolute atomic E-state index is 12.7. The molecule has 0 atom stereocenters. The number of nitrogens with one attached hydrogen (secondary N) is 1. The largest absolute Gasteiger partial charge is 0.454 e. The number of hydrogen-bond acceptors (Lipinski definition) is 6. The summed E-state index contributed by atoms with van der Waals surface area (Å²) in [6, 6.07) is 12.8. The van der Waals surface area contributed by atoms with E-state index in [0.717, 1.165) is 36.7 Å². The van der Waals surface area contributed by atoms with E-state index in [1.807, 2.05) is 37.8 Å². The van der Waals surface area contributed by atoms with E-state index in [9.17, 15) is 13.2 Å². The first kappa shape index (κ1) is 24.5. The number of nitrogens with zero attached hydrogens (tertiary/aromatic N) is 2. The van der Waals surface area contributed by atoms with Crippen LogP contribution in [-0.4, -0.2) is 62.6 Å². The highest BCUT2D eigenvalue weighted by atomic mass is 32.2. The first-order valence-electron chi connectivity index (χ1n) is 11.6. The second kappa shape index (κ2) is 9.93. The summed E-state index contributed by atoms with van der Waals surface area (Å²) in [5, 5.41) is 0. The van der Waals surface area contributed by atoms with Crippen LogP contribution >= 0.6 is 0 Å². The second-order valence-corrected chi connectivity index (χ2v) is 11.5. The van der Waals surface area contributed by atoms with Crippen molar-refractivity contribution in [2.45, 2.75) is 50.6 Å². The van der Waals surface area contributed by atoms with E-state index in [0.29, 0.717) is 25.9 Å². The molecule has 2 aromatic rings. The van der Waals surface area contributed by atoms with Crippen LogP contribution in [0.3, 0.4) is 0 Å². The number of piperazine rings is 1. The lowest BCUT2D eigenvalue weighted by Gasteiger charge is -2.35. The first-order chi connectivity index (χ1) is 16.1. The van der Waals surface area contributed by atoms with Crippen molar-refractivity contribution < 1.29 is 22.7 Å². The first-order valence-corrected chi connectivity index (χ1v) is 13.1. The van der Waals surface area contributed by atoms with Gasteiger partial charge in [0.2, 0.25) is 22.7 Å². The smallest absolute Gasteiger partial charge is 0.241 e. The zero-order valence-electron chi connectivity index (χ0n) is 20.0. The summed E-state index contributed by atoms with van der Waals surface area (Å²) in [5.74, 6) is 1.72. The number of aryl methyl sites for hydroxylation is 1. The molecule has 1 saturated heterocycles. The third-order valence-electron chi connectivity index (χ3n) is 5.87. The fourth-order valence-corrected chi connectivity index (χ4v) is 5.58. The van der Waals surface area contributed by atoms with Crippen molar-refractivity contribution in [3.8, 4) is 11.5 Å². The molecule has 34 heavy (non-hydrogen) atoms. The van der Waals surface area contributed by atoms with Gasteiger partial charge in [-0.15, -0.1) is 0 Å². The average molecular weight is 488 g/mol. The van der Waals surface area contributed by atoms with Crippen LogP contribution in [0.2, 0.25) is 0 Å². The normalized spacial score (nSPS) is 16.6. The molecule has 2 aliphatic heterocycles. The highest BCUT2D eigenvalue weighted by Crippen LogP contribution is 2.32. The number of fused-ring (bicyclic) bond motifs is 1. The zero-order valence-corrected chi connectivity index (χ0v) is 20.9. The molecule has 0 saturated carbocycles. The van der Waals surface area contributed by atoms with E-state index < -0.39 is 15.6 Å². The van der Waals surface area contributed by atoms with Gasteiger partial charge >= 0.3 is 0 Å². The van der Waals surface area contributed by atoms with Gasteiger partial charge in [0.1, 0.15) is 0 Å². The van der Waals surface area contributed by atoms with E-state index in [1.165, 1.54) is 5.56 Å². The molecule has 2 aromatic carbocycles. The van der Waals surface area contributed by atoms with Gasteiger partial charge in [-0.1, -0.05) is 18.2 Å². The van der Waals surface area contributed by atoms with Crippen molar-refractivity contribution in [3.05, 3.63) is 53.6 Å². The summed E-state index contributed by atoms with van der Waals surface area (Å²) in [4.78, 5) is 17.2. The van der Waals surface area contributed by atoms with Crippen molar-refractivity contribution in [1.82, 2.24) is 14.5 Å². The third-order valence-corrected chi connectivity index (χ3v) is 7.64. The minimum Gasteiger partial charge on any atom is -0.454 e. The van der Waals surface area contributed by atoms with E-state index in [-0.39, 0.29) is 17.6 Å². The van der Waals surface area contributed by atoms with Gasteiger partial charge in [-0.05, 0) is 62.6 Å².